The summed E-state index contributed by atoms with van der Waals surface area (Å²) < 4.78 is 12.2. The highest BCUT2D eigenvalue weighted by Crippen LogP contribution is 2.59. The van der Waals surface area contributed by atoms with Crippen LogP contribution in [-0.4, -0.2) is 75.5 Å². The summed E-state index contributed by atoms with van der Waals surface area (Å²) in [6.07, 6.45) is 7.54. The molecule has 1 amide bonds. The molecule has 0 heterocycles. The van der Waals surface area contributed by atoms with Gasteiger partial charge in [0.1, 0.15) is 52.0 Å². The molecule has 46 heavy (non-hydrogen) atoms. The van der Waals surface area contributed by atoms with E-state index in [0.717, 1.165) is 31.3 Å². The molecule has 0 aromatic carbocycles. The van der Waals surface area contributed by atoms with Crippen LogP contribution in [-0.2, 0) is 27.0 Å². The summed E-state index contributed by atoms with van der Waals surface area (Å²) in [6, 6.07) is -1.24. The highest BCUT2D eigenvalue weighted by Gasteiger charge is 2.69. The van der Waals surface area contributed by atoms with Gasteiger partial charge in [0.2, 0.25) is 5.60 Å². The first-order valence-corrected chi connectivity index (χ1v) is 16.8. The molecular weight excluding hydrogens is 707 g/mol. The van der Waals surface area contributed by atoms with E-state index in [1.54, 1.807) is 14.1 Å². The molecular formula is C34H41IN2O9. The largest absolute Gasteiger partial charge is 0.508 e. The Morgan fingerprint density at radius 2 is 1.83 bits per heavy atom. The van der Waals surface area contributed by atoms with Gasteiger partial charge in [-0.1, -0.05) is 31.6 Å². The molecule has 0 spiro atoms. The predicted molar refractivity (Wildman–Crippen MR) is 174 cm³/mol. The molecule has 0 aliphatic heterocycles. The van der Waals surface area contributed by atoms with Gasteiger partial charge in [-0.15, -0.1) is 0 Å². The number of allylic oxidation sites excluding steroid dienone is 5. The molecule has 0 radical (unpaired) electrons. The van der Waals surface area contributed by atoms with Gasteiger partial charge in [0, 0.05) is 17.9 Å². The van der Waals surface area contributed by atoms with E-state index in [4.69, 9.17) is 13.5 Å². The van der Waals surface area contributed by atoms with Crippen molar-refractivity contribution in [3.63, 3.8) is 0 Å². The SMILES string of the molecule is CC1CC2C=C(CC(=O)O[C@H]3[C@H]4C(=C(O)[C@]5(OI)C(O)=C(C(N)=O)C(=O)[C@@H](N(C)C)[C@H]35)C(O)=C3C(=O)CCC=C3[C@@H]4C)CC(C1)C2. The molecule has 6 aliphatic rings. The van der Waals surface area contributed by atoms with Crippen LogP contribution in [0.5, 0.6) is 0 Å². The van der Waals surface area contributed by atoms with Crippen molar-refractivity contribution in [3.05, 3.63) is 57.3 Å². The number of carbonyl (C=O) groups excluding carboxylic acids is 4. The zero-order valence-electron chi connectivity index (χ0n) is 26.4. The first-order chi connectivity index (χ1) is 21.7. The molecule has 1 saturated carbocycles. The molecule has 1 fully saturated rings. The number of hydrogen-bond acceptors (Lipinski definition) is 10. The number of fused-ring (bicyclic) bond motifs is 5. The zero-order chi connectivity index (χ0) is 33.4. The number of aliphatic hydroxyl groups excluding tert-OH is 3. The number of likely N-dealkylation sites (N-methyl/N-ethyl adjacent to an activating group) is 1. The Balaban J connectivity index is 1.53. The van der Waals surface area contributed by atoms with Crippen LogP contribution in [0.1, 0.15) is 58.8 Å². The van der Waals surface area contributed by atoms with Crippen molar-refractivity contribution in [2.75, 3.05) is 14.1 Å². The first kappa shape index (κ1) is 33.0. The van der Waals surface area contributed by atoms with E-state index < -0.39 is 76.0 Å². The third kappa shape index (κ3) is 4.88. The second-order valence-electron chi connectivity index (χ2n) is 14.2. The van der Waals surface area contributed by atoms with Gasteiger partial charge in [0.05, 0.1) is 24.0 Å². The van der Waals surface area contributed by atoms with Gasteiger partial charge < -0.3 is 25.8 Å². The number of ketones is 2. The summed E-state index contributed by atoms with van der Waals surface area (Å²) in [4.78, 5) is 55.1. The number of halogens is 1. The van der Waals surface area contributed by atoms with E-state index in [0.29, 0.717) is 29.7 Å². The number of carbonyl (C=O) groups is 4. The molecule has 0 aromatic rings. The Labute approximate surface area is 281 Å². The Hall–Kier alpha value is -2.97. The number of rotatable bonds is 6. The number of nitrogens with zero attached hydrogens (tertiary/aromatic N) is 1. The van der Waals surface area contributed by atoms with E-state index in [9.17, 15) is 34.5 Å². The van der Waals surface area contributed by atoms with E-state index >= 15 is 0 Å². The van der Waals surface area contributed by atoms with Crippen LogP contribution in [0.3, 0.4) is 0 Å². The fraction of sp³-hybridized carbons (Fsp3) is 0.588. The standard InChI is InChI=1S/C34H41IN2O9/c1-14-8-16-10-17(9-14)12-18(11-16)13-21(39)45-30-22-15(2)19-6-5-7-20(38)23(19)28(40)24(22)31(42)34(46-35)26(30)27(37(3)4)29(41)25(32(34)43)33(36)44/h6,11,14-17,22,26-27,30,40,42-43H,5,7-10,12-13H2,1-4H3,(H2,36,44)/t14?,15-,16?,17?,22+,26+,27-,30-,34-/m0/s1. The molecule has 5 N–H and O–H groups in total. The van der Waals surface area contributed by atoms with Gasteiger partial charge in [0.25, 0.3) is 5.91 Å². The second kappa shape index (κ2) is 11.9. The van der Waals surface area contributed by atoms with E-state index in [-0.39, 0.29) is 29.8 Å². The number of primary amides is 1. The fourth-order valence-corrected chi connectivity index (χ4v) is 10.1. The van der Waals surface area contributed by atoms with Gasteiger partial charge >= 0.3 is 5.97 Å². The van der Waals surface area contributed by atoms with E-state index in [1.807, 2.05) is 13.0 Å². The molecule has 0 aromatic heterocycles. The molecule has 3 unspecified atom stereocenters. The average Bonchev–Trinajstić information content (AvgIpc) is 2.96. The molecule has 9 atom stereocenters. The van der Waals surface area contributed by atoms with Gasteiger partial charge in [-0.3, -0.25) is 27.1 Å². The lowest BCUT2D eigenvalue weighted by molar-refractivity contribution is -0.172. The summed E-state index contributed by atoms with van der Waals surface area (Å²) in [5.41, 5.74) is 3.98. The minimum Gasteiger partial charge on any atom is -0.508 e. The lowest BCUT2D eigenvalue weighted by Crippen LogP contribution is -2.68. The molecule has 12 heteroatoms. The molecule has 0 saturated heterocycles. The second-order valence-corrected chi connectivity index (χ2v) is 14.7. The predicted octanol–water partition coefficient (Wildman–Crippen LogP) is 4.40. The van der Waals surface area contributed by atoms with Crippen molar-refractivity contribution in [2.24, 2.45) is 41.2 Å². The van der Waals surface area contributed by atoms with Crippen molar-refractivity contribution in [1.29, 1.82) is 0 Å². The minimum absolute atomic E-state index is 0.0258. The van der Waals surface area contributed by atoms with E-state index in [2.05, 4.69) is 13.0 Å². The molecule has 11 nitrogen and oxygen atoms in total. The van der Waals surface area contributed by atoms with Crippen LogP contribution in [0.4, 0.5) is 0 Å². The van der Waals surface area contributed by atoms with Crippen molar-refractivity contribution >= 4 is 46.4 Å². The number of nitrogens with two attached hydrogens (primary N) is 1. The van der Waals surface area contributed by atoms with Crippen molar-refractivity contribution in [3.8, 4) is 0 Å². The van der Waals surface area contributed by atoms with Crippen molar-refractivity contribution < 1.29 is 42.3 Å². The highest BCUT2D eigenvalue weighted by molar-refractivity contribution is 14.1. The van der Waals surface area contributed by atoms with Crippen LogP contribution < -0.4 is 5.73 Å². The number of esters is 1. The van der Waals surface area contributed by atoms with Gasteiger partial charge in [-0.2, -0.15) is 0 Å². The van der Waals surface area contributed by atoms with Crippen LogP contribution >= 0.6 is 23.0 Å². The lowest BCUT2D eigenvalue weighted by atomic mass is 9.55. The summed E-state index contributed by atoms with van der Waals surface area (Å²) in [6.45, 7) is 4.08. The first-order valence-electron chi connectivity index (χ1n) is 16.0. The number of Topliss-reactive ketones (excluding diaryl/α,β-unsaturated/α-hetero) is 2. The third-order valence-corrected chi connectivity index (χ3v) is 11.7. The van der Waals surface area contributed by atoms with Crippen molar-refractivity contribution in [2.45, 2.75) is 76.5 Å². The van der Waals surface area contributed by atoms with E-state index in [1.165, 1.54) is 27.9 Å². The van der Waals surface area contributed by atoms with Gasteiger partial charge in [0.15, 0.2) is 11.6 Å². The topological polar surface area (TPSA) is 177 Å². The van der Waals surface area contributed by atoms with Crippen LogP contribution in [0, 0.1) is 35.5 Å². The maximum Gasteiger partial charge on any atom is 0.310 e. The van der Waals surface area contributed by atoms with Gasteiger partial charge in [-0.05, 0) is 75.4 Å². The Morgan fingerprint density at radius 1 is 1.11 bits per heavy atom. The Morgan fingerprint density at radius 3 is 2.46 bits per heavy atom. The molecule has 6 rings (SSSR count). The molecule has 248 valence electrons. The number of amides is 1. The average molecular weight is 749 g/mol. The highest BCUT2D eigenvalue weighted by atomic mass is 127. The van der Waals surface area contributed by atoms with Crippen LogP contribution in [0.15, 0.2) is 57.3 Å². The Bertz CT molecular complexity index is 1570. The Kier molecular flexibility index (Phi) is 8.54. The van der Waals surface area contributed by atoms with Crippen LogP contribution in [0.25, 0.3) is 0 Å². The zero-order valence-corrected chi connectivity index (χ0v) is 28.6. The third-order valence-electron chi connectivity index (χ3n) is 11.0. The number of aliphatic hydroxyl groups is 3. The maximum absolute atomic E-state index is 13.9. The normalized spacial score (nSPS) is 37.3. The maximum atomic E-state index is 13.9. The summed E-state index contributed by atoms with van der Waals surface area (Å²) >= 11 is 1.46. The van der Waals surface area contributed by atoms with Gasteiger partial charge in [-0.25, -0.2) is 0 Å². The monoisotopic (exact) mass is 748 g/mol. The minimum atomic E-state index is -2.32. The molecule has 6 aliphatic carbocycles. The fourth-order valence-electron chi connectivity index (χ4n) is 9.43. The number of hydrogen-bond donors (Lipinski definition) is 4. The quantitative estimate of drug-likeness (QED) is 0.132. The van der Waals surface area contributed by atoms with Crippen molar-refractivity contribution in [1.82, 2.24) is 4.90 Å². The molecule has 2 bridgehead atoms. The summed E-state index contributed by atoms with van der Waals surface area (Å²) in [5, 5.41) is 35.5. The summed E-state index contributed by atoms with van der Waals surface area (Å²) in [7, 11) is 3.18. The number of ether oxygens (including phenoxy) is 1. The van der Waals surface area contributed by atoms with Crippen LogP contribution in [0.2, 0.25) is 0 Å². The smallest absolute Gasteiger partial charge is 0.310 e. The lowest BCUT2D eigenvalue weighted by Gasteiger charge is -2.55. The summed E-state index contributed by atoms with van der Waals surface area (Å²) in [5.74, 6) is -6.24.